The second kappa shape index (κ2) is 6.79. The number of nitrogens with one attached hydrogen (secondary N) is 1. The van der Waals surface area contributed by atoms with Crippen LogP contribution < -0.4 is 10.5 Å². The Balaban J connectivity index is 2.70. The highest BCUT2D eigenvalue weighted by atomic mass is 32.2. The van der Waals surface area contributed by atoms with E-state index in [2.05, 4.69) is 11.6 Å². The highest BCUT2D eigenvalue weighted by Crippen LogP contribution is 2.18. The van der Waals surface area contributed by atoms with Crippen molar-refractivity contribution in [2.75, 3.05) is 13.1 Å². The van der Waals surface area contributed by atoms with Crippen molar-refractivity contribution in [3.05, 3.63) is 0 Å². The van der Waals surface area contributed by atoms with E-state index >= 15 is 0 Å². The van der Waals surface area contributed by atoms with Gasteiger partial charge in [-0.2, -0.15) is 17.4 Å². The predicted octanol–water partition coefficient (Wildman–Crippen LogP) is 1.01. The molecule has 0 aromatic carbocycles. The van der Waals surface area contributed by atoms with E-state index in [1.807, 2.05) is 6.92 Å². The summed E-state index contributed by atoms with van der Waals surface area (Å²) in [7, 11) is -3.47. The van der Waals surface area contributed by atoms with Crippen LogP contribution >= 0.6 is 12.2 Å². The van der Waals surface area contributed by atoms with Gasteiger partial charge in [0.05, 0.1) is 11.0 Å². The van der Waals surface area contributed by atoms with E-state index in [4.69, 9.17) is 18.0 Å². The maximum absolute atomic E-state index is 12.2. The standard InChI is InChI=1S/C11H23N3O2S2/c1-3-5-10(11(12)17)13-18(15,16)14-7-4-6-9(2)8-14/h9-10,13H,3-8H2,1-2H3,(H2,12,17). The maximum Gasteiger partial charge on any atom is 0.280 e. The lowest BCUT2D eigenvalue weighted by atomic mass is 10.0. The average molecular weight is 293 g/mol. The molecule has 1 rings (SSSR count). The number of rotatable bonds is 6. The summed E-state index contributed by atoms with van der Waals surface area (Å²) in [5.74, 6) is 0.407. The predicted molar refractivity (Wildman–Crippen MR) is 77.5 cm³/mol. The van der Waals surface area contributed by atoms with Gasteiger partial charge in [0.1, 0.15) is 0 Å². The lowest BCUT2D eigenvalue weighted by Gasteiger charge is -2.31. The molecule has 0 radical (unpaired) electrons. The van der Waals surface area contributed by atoms with Crippen LogP contribution in [-0.2, 0) is 10.2 Å². The number of hydrogen-bond acceptors (Lipinski definition) is 3. The van der Waals surface area contributed by atoms with Gasteiger partial charge in [-0.25, -0.2) is 0 Å². The Morgan fingerprint density at radius 1 is 1.61 bits per heavy atom. The molecular formula is C11H23N3O2S2. The Labute approximate surface area is 115 Å². The largest absolute Gasteiger partial charge is 0.392 e. The quantitative estimate of drug-likeness (QED) is 0.717. The summed E-state index contributed by atoms with van der Waals surface area (Å²) in [4.78, 5) is 0.213. The number of thiocarbonyl (C=S) groups is 1. The molecule has 18 heavy (non-hydrogen) atoms. The Kier molecular flexibility index (Phi) is 5.97. The van der Waals surface area contributed by atoms with Crippen molar-refractivity contribution in [1.29, 1.82) is 0 Å². The maximum atomic E-state index is 12.2. The Bertz CT molecular complexity index is 384. The van der Waals surface area contributed by atoms with Gasteiger partial charge in [-0.05, 0) is 25.2 Å². The number of piperidine rings is 1. The fraction of sp³-hybridized carbons (Fsp3) is 0.909. The molecule has 1 aliphatic rings. The van der Waals surface area contributed by atoms with Crippen LogP contribution in [0.25, 0.3) is 0 Å². The minimum Gasteiger partial charge on any atom is -0.392 e. The van der Waals surface area contributed by atoms with Crippen molar-refractivity contribution in [3.63, 3.8) is 0 Å². The van der Waals surface area contributed by atoms with Crippen molar-refractivity contribution < 1.29 is 8.42 Å². The van der Waals surface area contributed by atoms with Crippen LogP contribution in [-0.4, -0.2) is 36.8 Å². The fourth-order valence-electron chi connectivity index (χ4n) is 2.17. The third kappa shape index (κ3) is 4.46. The van der Waals surface area contributed by atoms with Crippen LogP contribution in [0.1, 0.15) is 39.5 Å². The zero-order chi connectivity index (χ0) is 13.8. The summed E-state index contributed by atoms with van der Waals surface area (Å²) < 4.78 is 28.6. The molecule has 2 unspecified atom stereocenters. The third-order valence-electron chi connectivity index (χ3n) is 3.17. The van der Waals surface area contributed by atoms with Crippen LogP contribution in [0.2, 0.25) is 0 Å². The Hall–Kier alpha value is -0.240. The van der Waals surface area contributed by atoms with E-state index in [9.17, 15) is 8.42 Å². The van der Waals surface area contributed by atoms with Gasteiger partial charge in [-0.3, -0.25) is 0 Å². The van der Waals surface area contributed by atoms with Crippen LogP contribution in [0.5, 0.6) is 0 Å². The second-order valence-electron chi connectivity index (χ2n) is 4.97. The van der Waals surface area contributed by atoms with Crippen molar-refractivity contribution in [1.82, 2.24) is 9.03 Å². The molecule has 5 nitrogen and oxygen atoms in total. The van der Waals surface area contributed by atoms with Crippen LogP contribution in [0.15, 0.2) is 0 Å². The molecule has 1 fully saturated rings. The molecule has 2 atom stereocenters. The lowest BCUT2D eigenvalue weighted by molar-refractivity contribution is 0.277. The monoisotopic (exact) mass is 293 g/mol. The first kappa shape index (κ1) is 15.8. The molecule has 0 aromatic heterocycles. The molecule has 0 amide bonds. The van der Waals surface area contributed by atoms with E-state index in [-0.39, 0.29) is 4.99 Å². The molecule has 0 aromatic rings. The summed E-state index contributed by atoms with van der Waals surface area (Å²) in [6, 6.07) is -0.438. The first-order valence-corrected chi connectivity index (χ1v) is 8.28. The first-order chi connectivity index (χ1) is 8.36. The first-order valence-electron chi connectivity index (χ1n) is 6.43. The van der Waals surface area contributed by atoms with Crippen molar-refractivity contribution in [2.45, 2.75) is 45.6 Å². The lowest BCUT2D eigenvalue weighted by Crippen LogP contribution is -2.51. The molecule has 1 heterocycles. The zero-order valence-electron chi connectivity index (χ0n) is 11.1. The SMILES string of the molecule is CCCC(NS(=O)(=O)N1CCCC(C)C1)C(N)=S. The van der Waals surface area contributed by atoms with Gasteiger partial charge in [0.2, 0.25) is 0 Å². The summed E-state index contributed by atoms with van der Waals surface area (Å²) >= 11 is 4.91. The summed E-state index contributed by atoms with van der Waals surface area (Å²) in [5, 5.41) is 0. The topological polar surface area (TPSA) is 75.4 Å². The normalized spacial score (nSPS) is 23.8. The third-order valence-corrected chi connectivity index (χ3v) is 5.05. The van der Waals surface area contributed by atoms with Gasteiger partial charge in [-0.15, -0.1) is 0 Å². The molecule has 0 spiro atoms. The van der Waals surface area contributed by atoms with Crippen molar-refractivity contribution in [3.8, 4) is 0 Å². The molecule has 0 saturated carbocycles. The van der Waals surface area contributed by atoms with Gasteiger partial charge in [0, 0.05) is 13.1 Å². The smallest absolute Gasteiger partial charge is 0.280 e. The molecule has 7 heteroatoms. The fourth-order valence-corrected chi connectivity index (χ4v) is 3.99. The van der Waals surface area contributed by atoms with Crippen molar-refractivity contribution >= 4 is 27.4 Å². The van der Waals surface area contributed by atoms with Gasteiger partial charge in [-0.1, -0.05) is 32.5 Å². The van der Waals surface area contributed by atoms with Gasteiger partial charge in [0.25, 0.3) is 10.2 Å². The van der Waals surface area contributed by atoms with Crippen LogP contribution in [0.3, 0.4) is 0 Å². The van der Waals surface area contributed by atoms with Gasteiger partial charge in [0.15, 0.2) is 0 Å². The molecule has 106 valence electrons. The van der Waals surface area contributed by atoms with Gasteiger partial charge >= 0.3 is 0 Å². The minimum atomic E-state index is -3.47. The molecular weight excluding hydrogens is 270 g/mol. The zero-order valence-corrected chi connectivity index (χ0v) is 12.7. The average Bonchev–Trinajstić information content (AvgIpc) is 2.28. The highest BCUT2D eigenvalue weighted by Gasteiger charge is 2.29. The number of nitrogens with two attached hydrogens (primary N) is 1. The van der Waals surface area contributed by atoms with Crippen molar-refractivity contribution in [2.24, 2.45) is 11.7 Å². The highest BCUT2D eigenvalue weighted by molar-refractivity contribution is 7.87. The van der Waals surface area contributed by atoms with E-state index in [0.29, 0.717) is 25.4 Å². The summed E-state index contributed by atoms with van der Waals surface area (Å²) in [5.41, 5.74) is 5.57. The van der Waals surface area contributed by atoms with Crippen LogP contribution in [0, 0.1) is 5.92 Å². The van der Waals surface area contributed by atoms with E-state index in [1.54, 1.807) is 0 Å². The molecule has 1 saturated heterocycles. The van der Waals surface area contributed by atoms with Gasteiger partial charge < -0.3 is 5.73 Å². The Morgan fingerprint density at radius 2 is 2.28 bits per heavy atom. The summed E-state index contributed by atoms with van der Waals surface area (Å²) in [6.07, 6.45) is 3.46. The van der Waals surface area contributed by atoms with E-state index in [1.165, 1.54) is 4.31 Å². The van der Waals surface area contributed by atoms with E-state index < -0.39 is 16.3 Å². The second-order valence-corrected chi connectivity index (χ2v) is 7.15. The number of nitrogens with zero attached hydrogens (tertiary/aromatic N) is 1. The Morgan fingerprint density at radius 3 is 2.78 bits per heavy atom. The molecule has 3 N–H and O–H groups in total. The molecule has 1 aliphatic heterocycles. The van der Waals surface area contributed by atoms with Crippen LogP contribution in [0.4, 0.5) is 0 Å². The molecule has 0 bridgehead atoms. The molecule has 0 aliphatic carbocycles. The number of hydrogen-bond donors (Lipinski definition) is 2. The minimum absolute atomic E-state index is 0.213. The van der Waals surface area contributed by atoms with E-state index in [0.717, 1.165) is 19.3 Å². The summed E-state index contributed by atoms with van der Waals surface area (Å²) in [6.45, 7) is 5.20.